The van der Waals surface area contributed by atoms with E-state index < -0.39 is 0 Å². The highest BCUT2D eigenvalue weighted by Crippen LogP contribution is 2.16. The third-order valence-electron chi connectivity index (χ3n) is 0.918. The van der Waals surface area contributed by atoms with Crippen molar-refractivity contribution in [3.05, 3.63) is 9.90 Å². The van der Waals surface area contributed by atoms with Crippen LogP contribution in [0, 0.1) is 0 Å². The molecule has 2 nitrogen and oxygen atoms in total. The molecule has 0 aromatic carbocycles. The van der Waals surface area contributed by atoms with E-state index in [9.17, 15) is 0 Å². The molecule has 0 atom stereocenters. The van der Waals surface area contributed by atoms with Gasteiger partial charge in [0.1, 0.15) is 6.20 Å². The van der Waals surface area contributed by atoms with Gasteiger partial charge in [0.2, 0.25) is 0 Å². The highest BCUT2D eigenvalue weighted by atomic mass is 127. The van der Waals surface area contributed by atoms with Crippen molar-refractivity contribution >= 4 is 28.9 Å². The number of quaternary nitrogens is 1. The van der Waals surface area contributed by atoms with Crippen molar-refractivity contribution in [2.75, 3.05) is 14.1 Å². The minimum Gasteiger partial charge on any atom is -0.257 e. The lowest BCUT2D eigenvalue weighted by Gasteiger charge is -2.12. The van der Waals surface area contributed by atoms with E-state index in [4.69, 9.17) is 0 Å². The van der Waals surface area contributed by atoms with E-state index in [0.717, 1.165) is 8.19 Å². The molecule has 1 aliphatic rings. The van der Waals surface area contributed by atoms with Gasteiger partial charge in [-0.2, -0.15) is 4.99 Å². The van der Waals surface area contributed by atoms with Crippen LogP contribution in [0.5, 0.6) is 0 Å². The lowest BCUT2D eigenvalue weighted by Crippen LogP contribution is -2.28. The third-order valence-corrected chi connectivity index (χ3v) is 1.48. The summed E-state index contributed by atoms with van der Waals surface area (Å²) in [5, 5.41) is 0. The standard InChI is InChI=1S/C5H8IN2/c1-8(2)3-5(6)7-4-8/h3-4H,1-2H3/q+1. The van der Waals surface area contributed by atoms with Crippen molar-refractivity contribution in [3.63, 3.8) is 0 Å². The zero-order valence-corrected chi connectivity index (χ0v) is 7.08. The van der Waals surface area contributed by atoms with Gasteiger partial charge < -0.3 is 0 Å². The van der Waals surface area contributed by atoms with Gasteiger partial charge in [0.15, 0.2) is 10.0 Å². The zero-order chi connectivity index (χ0) is 6.20. The molecule has 0 saturated heterocycles. The molecule has 0 aromatic heterocycles. The van der Waals surface area contributed by atoms with Gasteiger partial charge in [0.25, 0.3) is 0 Å². The van der Waals surface area contributed by atoms with Gasteiger partial charge in [0, 0.05) is 0 Å². The molecule has 0 saturated carbocycles. The topological polar surface area (TPSA) is 12.4 Å². The zero-order valence-electron chi connectivity index (χ0n) is 4.93. The van der Waals surface area contributed by atoms with Crippen LogP contribution in [-0.2, 0) is 0 Å². The predicted octanol–water partition coefficient (Wildman–Crippen LogP) is 1.34. The first kappa shape index (κ1) is 6.22. The van der Waals surface area contributed by atoms with Gasteiger partial charge in [-0.3, -0.25) is 4.48 Å². The number of halogens is 1. The molecule has 3 heteroatoms. The van der Waals surface area contributed by atoms with Crippen LogP contribution in [0.25, 0.3) is 0 Å². The quantitative estimate of drug-likeness (QED) is 0.334. The Morgan fingerprint density at radius 1 is 1.62 bits per heavy atom. The predicted molar refractivity (Wildman–Crippen MR) is 42.7 cm³/mol. The molecule has 0 radical (unpaired) electrons. The number of rotatable bonds is 0. The Kier molecular flexibility index (Phi) is 1.40. The van der Waals surface area contributed by atoms with Crippen molar-refractivity contribution in [1.29, 1.82) is 0 Å². The van der Waals surface area contributed by atoms with E-state index in [-0.39, 0.29) is 0 Å². The van der Waals surface area contributed by atoms with Crippen molar-refractivity contribution in [1.82, 2.24) is 0 Å². The van der Waals surface area contributed by atoms with Gasteiger partial charge in [-0.25, -0.2) is 0 Å². The van der Waals surface area contributed by atoms with Gasteiger partial charge >= 0.3 is 0 Å². The van der Waals surface area contributed by atoms with Crippen molar-refractivity contribution in [2.45, 2.75) is 0 Å². The SMILES string of the molecule is C[N+]1(C)C=NC(I)=C1. The molecule has 0 aromatic rings. The van der Waals surface area contributed by atoms with Crippen LogP contribution in [0.4, 0.5) is 0 Å². The lowest BCUT2D eigenvalue weighted by atomic mass is 10.7. The largest absolute Gasteiger partial charge is 0.257 e. The number of hydrogen-bond acceptors (Lipinski definition) is 1. The molecule has 0 amide bonds. The fourth-order valence-electron chi connectivity index (χ4n) is 0.545. The smallest absolute Gasteiger partial charge is 0.195 e. The molecule has 1 heterocycles. The lowest BCUT2D eigenvalue weighted by molar-refractivity contribution is -0.732. The summed E-state index contributed by atoms with van der Waals surface area (Å²) in [5.41, 5.74) is 0. The normalized spacial score (nSPS) is 23.6. The monoisotopic (exact) mass is 223 g/mol. The summed E-state index contributed by atoms with van der Waals surface area (Å²) in [6.45, 7) is 0. The Balaban J connectivity index is 2.84. The molecule has 1 rings (SSSR count). The van der Waals surface area contributed by atoms with E-state index >= 15 is 0 Å². The van der Waals surface area contributed by atoms with Gasteiger partial charge in [-0.1, -0.05) is 0 Å². The summed E-state index contributed by atoms with van der Waals surface area (Å²) >= 11 is 2.20. The van der Waals surface area contributed by atoms with Crippen molar-refractivity contribution in [2.24, 2.45) is 4.99 Å². The third kappa shape index (κ3) is 1.29. The summed E-state index contributed by atoms with van der Waals surface area (Å²) in [5.74, 6) is 0. The van der Waals surface area contributed by atoms with Crippen LogP contribution in [0.2, 0.25) is 0 Å². The van der Waals surface area contributed by atoms with Gasteiger partial charge in [-0.05, 0) is 22.6 Å². The van der Waals surface area contributed by atoms with E-state index in [0.29, 0.717) is 0 Å². The van der Waals surface area contributed by atoms with E-state index in [1.165, 1.54) is 0 Å². The minimum atomic E-state index is 0.776. The van der Waals surface area contributed by atoms with Crippen LogP contribution >= 0.6 is 22.6 Å². The van der Waals surface area contributed by atoms with E-state index in [2.05, 4.69) is 47.9 Å². The maximum absolute atomic E-state index is 4.08. The van der Waals surface area contributed by atoms with Crippen LogP contribution in [0.15, 0.2) is 14.9 Å². The molecule has 0 aliphatic carbocycles. The molecular formula is C5H8IN2+. The Morgan fingerprint density at radius 2 is 2.25 bits per heavy atom. The Labute approximate surface area is 62.6 Å². The Bertz CT molecular complexity index is 158. The number of nitrogens with zero attached hydrogens (tertiary/aromatic N) is 2. The van der Waals surface area contributed by atoms with Gasteiger partial charge in [0.05, 0.1) is 14.1 Å². The molecule has 1 aliphatic heterocycles. The first-order valence-electron chi connectivity index (χ1n) is 2.37. The van der Waals surface area contributed by atoms with Crippen molar-refractivity contribution in [3.8, 4) is 0 Å². The maximum atomic E-state index is 4.08. The molecule has 0 spiro atoms. The molecule has 44 valence electrons. The van der Waals surface area contributed by atoms with Gasteiger partial charge in [-0.15, -0.1) is 0 Å². The Morgan fingerprint density at radius 3 is 2.38 bits per heavy atom. The molecule has 0 bridgehead atoms. The fourth-order valence-corrected chi connectivity index (χ4v) is 1.39. The second-order valence-electron chi connectivity index (χ2n) is 2.33. The summed E-state index contributed by atoms with van der Waals surface area (Å²) in [7, 11) is 4.16. The highest BCUT2D eigenvalue weighted by Gasteiger charge is 2.14. The summed E-state index contributed by atoms with van der Waals surface area (Å²) in [4.78, 5) is 4.08. The Hall–Kier alpha value is 0.100. The van der Waals surface area contributed by atoms with Crippen LogP contribution in [-0.4, -0.2) is 24.9 Å². The molecule has 8 heavy (non-hydrogen) atoms. The van der Waals surface area contributed by atoms with Crippen LogP contribution in [0.1, 0.15) is 0 Å². The van der Waals surface area contributed by atoms with Crippen LogP contribution < -0.4 is 0 Å². The molecule has 0 unspecified atom stereocenters. The molecular weight excluding hydrogens is 215 g/mol. The molecule has 0 N–H and O–H groups in total. The average Bonchev–Trinajstić information content (AvgIpc) is 1.82. The summed E-state index contributed by atoms with van der Waals surface area (Å²) in [6, 6.07) is 0. The number of hydrogen-bond donors (Lipinski definition) is 0. The van der Waals surface area contributed by atoms with Crippen molar-refractivity contribution < 1.29 is 4.48 Å². The first-order chi connectivity index (χ1) is 3.60. The summed E-state index contributed by atoms with van der Waals surface area (Å²) < 4.78 is 1.85. The highest BCUT2D eigenvalue weighted by molar-refractivity contribution is 14.1. The second-order valence-corrected chi connectivity index (χ2v) is 3.43. The van der Waals surface area contributed by atoms with E-state index in [1.54, 1.807) is 0 Å². The van der Waals surface area contributed by atoms with Crippen LogP contribution in [0.3, 0.4) is 0 Å². The first-order valence-corrected chi connectivity index (χ1v) is 3.45. The number of aliphatic imine (C=N–C) groups is 1. The molecule has 0 fully saturated rings. The second kappa shape index (κ2) is 1.80. The summed E-state index contributed by atoms with van der Waals surface area (Å²) in [6.07, 6.45) is 3.99. The average molecular weight is 223 g/mol. The minimum absolute atomic E-state index is 0.776. The fraction of sp³-hybridized carbons (Fsp3) is 0.400. The van der Waals surface area contributed by atoms with E-state index in [1.807, 2.05) is 6.34 Å². The maximum Gasteiger partial charge on any atom is 0.195 e.